The van der Waals surface area contributed by atoms with Gasteiger partial charge in [-0.2, -0.15) is 0 Å². The number of hydrogen-bond donors (Lipinski definition) is 2. The zero-order valence-corrected chi connectivity index (χ0v) is 10.8. The number of aromatic nitrogens is 2. The summed E-state index contributed by atoms with van der Waals surface area (Å²) in [5.74, 6) is 0.264. The Morgan fingerprint density at radius 1 is 1.53 bits per heavy atom. The Bertz CT molecular complexity index is 599. The highest BCUT2D eigenvalue weighted by Gasteiger charge is 2.13. The third-order valence-corrected chi connectivity index (χ3v) is 2.58. The average Bonchev–Trinajstić information content (AvgIpc) is 2.75. The van der Waals surface area contributed by atoms with Crippen molar-refractivity contribution in [1.82, 2.24) is 10.3 Å². The minimum Gasteiger partial charge on any atom is -0.495 e. The maximum Gasteiger partial charge on any atom is 0.230 e. The smallest absolute Gasteiger partial charge is 0.230 e. The van der Waals surface area contributed by atoms with Crippen molar-refractivity contribution in [3.63, 3.8) is 0 Å². The van der Waals surface area contributed by atoms with Crippen molar-refractivity contribution in [2.45, 2.75) is 6.42 Å². The Morgan fingerprint density at radius 3 is 2.95 bits per heavy atom. The van der Waals surface area contributed by atoms with Crippen LogP contribution < -0.4 is 15.8 Å². The fraction of sp³-hybridized carbons (Fsp3) is 0.182. The second-order valence-corrected chi connectivity index (χ2v) is 4.10. The largest absolute Gasteiger partial charge is 0.495 e. The molecule has 8 heteroatoms. The zero-order chi connectivity index (χ0) is 13.8. The normalized spacial score (nSPS) is 10.2. The van der Waals surface area contributed by atoms with Crippen molar-refractivity contribution in [1.29, 1.82) is 0 Å². The Labute approximate surface area is 113 Å². The van der Waals surface area contributed by atoms with E-state index in [1.54, 1.807) is 18.2 Å². The molecule has 1 heterocycles. The number of ether oxygens (including phenoxy) is 1. The molecule has 19 heavy (non-hydrogen) atoms. The summed E-state index contributed by atoms with van der Waals surface area (Å²) in [5, 5.41) is 10.1. The van der Waals surface area contributed by atoms with Gasteiger partial charge in [0.25, 0.3) is 0 Å². The van der Waals surface area contributed by atoms with Crippen LogP contribution in [0.25, 0.3) is 0 Å². The Hall–Kier alpha value is -2.28. The first kappa shape index (κ1) is 13.2. The summed E-state index contributed by atoms with van der Waals surface area (Å²) in [6.45, 7) is 0. The molecule has 0 aliphatic carbocycles. The number of rotatable bonds is 4. The first-order chi connectivity index (χ1) is 9.10. The molecule has 0 aliphatic rings. The lowest BCUT2D eigenvalue weighted by molar-refractivity contribution is -0.115. The quantitative estimate of drug-likeness (QED) is 0.880. The van der Waals surface area contributed by atoms with E-state index in [-0.39, 0.29) is 23.8 Å². The van der Waals surface area contributed by atoms with Gasteiger partial charge in [0.15, 0.2) is 5.82 Å². The first-order valence-corrected chi connectivity index (χ1v) is 5.68. The van der Waals surface area contributed by atoms with Crippen molar-refractivity contribution >= 4 is 29.0 Å². The lowest BCUT2D eigenvalue weighted by Gasteiger charge is -2.09. The van der Waals surface area contributed by atoms with Crippen LogP contribution in [-0.4, -0.2) is 23.3 Å². The lowest BCUT2D eigenvalue weighted by atomic mass is 10.2. The molecule has 0 radical (unpaired) electrons. The predicted molar refractivity (Wildman–Crippen MR) is 69.0 cm³/mol. The van der Waals surface area contributed by atoms with Crippen LogP contribution in [0.1, 0.15) is 5.69 Å². The van der Waals surface area contributed by atoms with E-state index in [4.69, 9.17) is 22.1 Å². The molecule has 0 aliphatic heterocycles. The molecular formula is C11H11ClN4O3. The van der Waals surface area contributed by atoms with Crippen molar-refractivity contribution in [2.24, 2.45) is 0 Å². The van der Waals surface area contributed by atoms with Crippen LogP contribution in [-0.2, 0) is 11.2 Å². The van der Waals surface area contributed by atoms with Crippen LogP contribution >= 0.6 is 11.6 Å². The molecule has 1 aromatic heterocycles. The second kappa shape index (κ2) is 5.57. The number of carbonyl (C=O) groups is 1. The standard InChI is InChI=1S/C11H11ClN4O3/c1-18-9-3-2-6(12)4-7(9)14-10(17)5-8-11(13)16-19-15-8/h2-4H,5H2,1H3,(H2,13,16)(H,14,17). The van der Waals surface area contributed by atoms with E-state index in [2.05, 4.69) is 20.3 Å². The molecule has 100 valence electrons. The van der Waals surface area contributed by atoms with Gasteiger partial charge >= 0.3 is 0 Å². The molecule has 0 bridgehead atoms. The average molecular weight is 283 g/mol. The molecule has 0 spiro atoms. The van der Waals surface area contributed by atoms with Gasteiger partial charge in [0.05, 0.1) is 19.2 Å². The van der Waals surface area contributed by atoms with Crippen LogP contribution in [0.4, 0.5) is 11.5 Å². The highest BCUT2D eigenvalue weighted by Crippen LogP contribution is 2.27. The van der Waals surface area contributed by atoms with Crippen molar-refractivity contribution < 1.29 is 14.2 Å². The van der Waals surface area contributed by atoms with Crippen molar-refractivity contribution in [3.8, 4) is 5.75 Å². The minimum atomic E-state index is -0.331. The molecule has 0 unspecified atom stereocenters. The minimum absolute atomic E-state index is 0.0506. The molecule has 1 aromatic carbocycles. The van der Waals surface area contributed by atoms with Crippen LogP contribution in [0.2, 0.25) is 5.02 Å². The number of methoxy groups -OCH3 is 1. The number of anilines is 2. The monoisotopic (exact) mass is 282 g/mol. The van der Waals surface area contributed by atoms with Gasteiger partial charge in [-0.15, -0.1) is 0 Å². The summed E-state index contributed by atoms with van der Waals surface area (Å²) in [4.78, 5) is 11.8. The van der Waals surface area contributed by atoms with Crippen molar-refractivity contribution in [2.75, 3.05) is 18.2 Å². The van der Waals surface area contributed by atoms with E-state index in [1.165, 1.54) is 7.11 Å². The first-order valence-electron chi connectivity index (χ1n) is 5.30. The maximum atomic E-state index is 11.8. The Kier molecular flexibility index (Phi) is 3.86. The fourth-order valence-electron chi connectivity index (χ4n) is 1.46. The van der Waals surface area contributed by atoms with Gasteiger partial charge in [0.2, 0.25) is 5.91 Å². The highest BCUT2D eigenvalue weighted by atomic mass is 35.5. The molecule has 0 fully saturated rings. The molecule has 0 atom stereocenters. The number of nitrogens with zero attached hydrogens (tertiary/aromatic N) is 2. The number of nitrogens with two attached hydrogens (primary N) is 1. The molecule has 2 aromatic rings. The molecular weight excluding hydrogens is 272 g/mol. The van der Waals surface area contributed by atoms with Crippen LogP contribution in [0.15, 0.2) is 22.8 Å². The number of benzene rings is 1. The van der Waals surface area contributed by atoms with E-state index in [0.717, 1.165) is 0 Å². The van der Waals surface area contributed by atoms with Gasteiger partial charge in [-0.05, 0) is 23.4 Å². The SMILES string of the molecule is COc1ccc(Cl)cc1NC(=O)Cc1nonc1N. The van der Waals surface area contributed by atoms with Crippen LogP contribution in [0.5, 0.6) is 5.75 Å². The Morgan fingerprint density at radius 2 is 2.32 bits per heavy atom. The third kappa shape index (κ3) is 3.14. The number of nitrogen functional groups attached to an aromatic ring is 1. The van der Waals surface area contributed by atoms with Gasteiger partial charge in [0, 0.05) is 5.02 Å². The molecule has 0 saturated carbocycles. The molecule has 1 amide bonds. The van der Waals surface area contributed by atoms with E-state index in [9.17, 15) is 4.79 Å². The number of halogens is 1. The summed E-state index contributed by atoms with van der Waals surface area (Å²) in [6, 6.07) is 4.91. The van der Waals surface area contributed by atoms with E-state index < -0.39 is 0 Å². The summed E-state index contributed by atoms with van der Waals surface area (Å²) >= 11 is 5.86. The second-order valence-electron chi connectivity index (χ2n) is 3.67. The van der Waals surface area contributed by atoms with Crippen LogP contribution in [0.3, 0.4) is 0 Å². The number of amides is 1. The number of hydrogen-bond acceptors (Lipinski definition) is 6. The maximum absolute atomic E-state index is 11.8. The molecule has 2 rings (SSSR count). The van der Waals surface area contributed by atoms with Crippen LogP contribution in [0, 0.1) is 0 Å². The van der Waals surface area contributed by atoms with Gasteiger partial charge in [-0.25, -0.2) is 4.63 Å². The predicted octanol–water partition coefficient (Wildman–Crippen LogP) is 1.49. The summed E-state index contributed by atoms with van der Waals surface area (Å²) in [6.07, 6.45) is -0.0506. The van der Waals surface area contributed by atoms with Gasteiger partial charge in [-0.3, -0.25) is 4.79 Å². The Balaban J connectivity index is 2.11. The third-order valence-electron chi connectivity index (χ3n) is 2.35. The van der Waals surface area contributed by atoms with Gasteiger partial charge in [0.1, 0.15) is 11.4 Å². The fourth-order valence-corrected chi connectivity index (χ4v) is 1.63. The topological polar surface area (TPSA) is 103 Å². The highest BCUT2D eigenvalue weighted by molar-refractivity contribution is 6.31. The summed E-state index contributed by atoms with van der Waals surface area (Å²) < 4.78 is 9.53. The molecule has 7 nitrogen and oxygen atoms in total. The summed E-state index contributed by atoms with van der Waals surface area (Å²) in [7, 11) is 1.50. The lowest BCUT2D eigenvalue weighted by Crippen LogP contribution is -2.16. The number of nitrogens with one attached hydrogen (secondary N) is 1. The zero-order valence-electron chi connectivity index (χ0n) is 10.0. The molecule has 3 N–H and O–H groups in total. The van der Waals surface area contributed by atoms with E-state index in [1.807, 2.05) is 0 Å². The van der Waals surface area contributed by atoms with E-state index in [0.29, 0.717) is 16.5 Å². The van der Waals surface area contributed by atoms with Gasteiger partial charge in [-0.1, -0.05) is 16.8 Å². The van der Waals surface area contributed by atoms with Gasteiger partial charge < -0.3 is 15.8 Å². The number of carbonyl (C=O) groups excluding carboxylic acids is 1. The van der Waals surface area contributed by atoms with E-state index >= 15 is 0 Å². The van der Waals surface area contributed by atoms with Crippen molar-refractivity contribution in [3.05, 3.63) is 28.9 Å². The summed E-state index contributed by atoms with van der Waals surface area (Å²) in [5.41, 5.74) is 6.21. The molecule has 0 saturated heterocycles.